The Balaban J connectivity index is 2.96. The van der Waals surface area contributed by atoms with E-state index in [0.717, 1.165) is 18.2 Å². The van der Waals surface area contributed by atoms with Gasteiger partial charge in [-0.25, -0.2) is 13.2 Å². The summed E-state index contributed by atoms with van der Waals surface area (Å²) < 4.78 is 36.6. The molecule has 1 N–H and O–H groups in total. The van der Waals surface area contributed by atoms with Crippen molar-refractivity contribution in [3.8, 4) is 0 Å². The number of benzene rings is 1. The number of hydrogen-bond acceptors (Lipinski definition) is 1. The summed E-state index contributed by atoms with van der Waals surface area (Å²) in [5.41, 5.74) is 0.0383. The molecule has 12 heavy (non-hydrogen) atoms. The summed E-state index contributed by atoms with van der Waals surface area (Å²) in [7, 11) is 0. The summed E-state index contributed by atoms with van der Waals surface area (Å²) in [6.07, 6.45) is -1.37. The lowest BCUT2D eigenvalue weighted by Crippen LogP contribution is -2.00. The van der Waals surface area contributed by atoms with Crippen molar-refractivity contribution in [1.29, 1.82) is 0 Å². The minimum atomic E-state index is -1.37. The molecule has 0 radical (unpaired) electrons. The molecule has 0 unspecified atom stereocenters. The van der Waals surface area contributed by atoms with Gasteiger partial charge in [-0.05, 0) is 17.7 Å². The molecule has 0 heterocycles. The fraction of sp³-hybridized carbons (Fsp3) is 0.250. The molecule has 1 rings (SSSR count). The first kappa shape index (κ1) is 9.06. The van der Waals surface area contributed by atoms with Gasteiger partial charge in [-0.3, -0.25) is 0 Å². The lowest BCUT2D eigenvalue weighted by Gasteiger charge is -2.05. The van der Waals surface area contributed by atoms with Gasteiger partial charge in [0.05, 0.1) is 0 Å². The van der Waals surface area contributed by atoms with Crippen molar-refractivity contribution in [1.82, 2.24) is 0 Å². The van der Waals surface area contributed by atoms with E-state index in [-0.39, 0.29) is 5.56 Å². The third kappa shape index (κ3) is 1.76. The van der Waals surface area contributed by atoms with Gasteiger partial charge in [0, 0.05) is 0 Å². The Kier molecular flexibility index (Phi) is 2.70. The Morgan fingerprint density at radius 3 is 2.42 bits per heavy atom. The zero-order valence-corrected chi connectivity index (χ0v) is 6.10. The molecule has 1 aromatic carbocycles. The average Bonchev–Trinajstić information content (AvgIpc) is 2.08. The van der Waals surface area contributed by atoms with E-state index >= 15 is 0 Å². The van der Waals surface area contributed by atoms with Crippen LogP contribution in [0.5, 0.6) is 0 Å². The highest BCUT2D eigenvalue weighted by Gasteiger charge is 2.09. The predicted molar refractivity (Wildman–Crippen MR) is 37.3 cm³/mol. The van der Waals surface area contributed by atoms with Gasteiger partial charge in [0.1, 0.15) is 12.8 Å². The molecule has 0 aliphatic heterocycles. The van der Waals surface area contributed by atoms with E-state index in [1.807, 2.05) is 0 Å². The smallest absolute Gasteiger partial charge is 0.159 e. The molecule has 0 aliphatic rings. The second-order valence-corrected chi connectivity index (χ2v) is 2.34. The van der Waals surface area contributed by atoms with Crippen LogP contribution in [0.25, 0.3) is 0 Å². The van der Waals surface area contributed by atoms with Crippen molar-refractivity contribution in [3.63, 3.8) is 0 Å². The molecule has 1 aromatic rings. The molecule has 4 heteroatoms. The average molecular weight is 176 g/mol. The third-order valence-corrected chi connectivity index (χ3v) is 1.47. The maximum absolute atomic E-state index is 12.5. The van der Waals surface area contributed by atoms with E-state index < -0.39 is 24.4 Å². The van der Waals surface area contributed by atoms with Gasteiger partial charge in [-0.1, -0.05) is 6.07 Å². The number of alkyl halides is 1. The fourth-order valence-electron chi connectivity index (χ4n) is 0.809. The third-order valence-electron chi connectivity index (χ3n) is 1.47. The molecule has 0 spiro atoms. The van der Waals surface area contributed by atoms with Crippen LogP contribution >= 0.6 is 0 Å². The van der Waals surface area contributed by atoms with Crippen molar-refractivity contribution in [2.75, 3.05) is 6.67 Å². The Morgan fingerprint density at radius 2 is 1.92 bits per heavy atom. The maximum Gasteiger partial charge on any atom is 0.159 e. The second kappa shape index (κ2) is 3.58. The summed E-state index contributed by atoms with van der Waals surface area (Å²) in [5.74, 6) is -2.09. The summed E-state index contributed by atoms with van der Waals surface area (Å²) in [6, 6.07) is 2.77. The Morgan fingerprint density at radius 1 is 1.25 bits per heavy atom. The van der Waals surface area contributed by atoms with Gasteiger partial charge in [0.15, 0.2) is 11.6 Å². The van der Waals surface area contributed by atoms with Gasteiger partial charge in [0.25, 0.3) is 0 Å². The molecule has 0 aromatic heterocycles. The van der Waals surface area contributed by atoms with Crippen molar-refractivity contribution in [2.24, 2.45) is 0 Å². The molecule has 0 amide bonds. The van der Waals surface area contributed by atoms with Crippen molar-refractivity contribution >= 4 is 0 Å². The van der Waals surface area contributed by atoms with Crippen LogP contribution in [-0.4, -0.2) is 11.8 Å². The summed E-state index contributed by atoms with van der Waals surface area (Å²) in [5, 5.41) is 8.88. The monoisotopic (exact) mass is 176 g/mol. The van der Waals surface area contributed by atoms with Crippen LogP contribution in [0.3, 0.4) is 0 Å². The van der Waals surface area contributed by atoms with Gasteiger partial charge < -0.3 is 5.11 Å². The molecular weight excluding hydrogens is 169 g/mol. The highest BCUT2D eigenvalue weighted by atomic mass is 19.2. The van der Waals surface area contributed by atoms with E-state index in [4.69, 9.17) is 5.11 Å². The number of hydrogen-bond donors (Lipinski definition) is 1. The van der Waals surface area contributed by atoms with Gasteiger partial charge in [-0.15, -0.1) is 0 Å². The zero-order valence-electron chi connectivity index (χ0n) is 6.10. The Bertz CT molecular complexity index is 275. The maximum atomic E-state index is 12.5. The predicted octanol–water partition coefficient (Wildman–Crippen LogP) is 1.97. The van der Waals surface area contributed by atoms with E-state index in [1.165, 1.54) is 0 Å². The number of rotatable bonds is 2. The van der Waals surface area contributed by atoms with Crippen LogP contribution in [0.15, 0.2) is 18.2 Å². The first-order chi connectivity index (χ1) is 5.65. The van der Waals surface area contributed by atoms with Crippen LogP contribution < -0.4 is 0 Å². The molecule has 0 saturated heterocycles. The molecule has 1 atom stereocenters. The van der Waals surface area contributed by atoms with Crippen LogP contribution in [0, 0.1) is 11.6 Å². The second-order valence-electron chi connectivity index (χ2n) is 2.34. The first-order valence-electron chi connectivity index (χ1n) is 3.34. The molecule has 66 valence electrons. The normalized spacial score (nSPS) is 13.0. The number of aliphatic hydroxyl groups is 1. The van der Waals surface area contributed by atoms with Crippen molar-refractivity contribution in [2.45, 2.75) is 6.10 Å². The fourth-order valence-corrected chi connectivity index (χ4v) is 0.809. The van der Waals surface area contributed by atoms with Gasteiger partial charge >= 0.3 is 0 Å². The Labute approximate surface area is 67.5 Å². The molecule has 0 bridgehead atoms. The Hall–Kier alpha value is -1.03. The first-order valence-corrected chi connectivity index (χ1v) is 3.34. The molecular formula is C8H7F3O. The standard InChI is InChI=1S/C8H7F3O/c9-4-8(12)5-1-2-6(10)7(11)3-5/h1-3,8,12H,4H2/t8-/m0/s1. The molecule has 0 aliphatic carbocycles. The van der Waals surface area contributed by atoms with Crippen LogP contribution in [0.4, 0.5) is 13.2 Å². The lowest BCUT2D eigenvalue weighted by molar-refractivity contribution is 0.141. The van der Waals surface area contributed by atoms with Gasteiger partial charge in [0.2, 0.25) is 0 Å². The summed E-state index contributed by atoms with van der Waals surface area (Å²) in [6.45, 7) is -1.01. The highest BCUT2D eigenvalue weighted by molar-refractivity contribution is 5.19. The topological polar surface area (TPSA) is 20.2 Å². The summed E-state index contributed by atoms with van der Waals surface area (Å²) >= 11 is 0. The van der Waals surface area contributed by atoms with Crippen LogP contribution in [0.2, 0.25) is 0 Å². The van der Waals surface area contributed by atoms with E-state index in [2.05, 4.69) is 0 Å². The van der Waals surface area contributed by atoms with Crippen molar-refractivity contribution in [3.05, 3.63) is 35.4 Å². The molecule has 1 nitrogen and oxygen atoms in total. The largest absolute Gasteiger partial charge is 0.386 e. The van der Waals surface area contributed by atoms with Gasteiger partial charge in [-0.2, -0.15) is 0 Å². The highest BCUT2D eigenvalue weighted by Crippen LogP contribution is 2.16. The van der Waals surface area contributed by atoms with E-state index in [9.17, 15) is 13.2 Å². The lowest BCUT2D eigenvalue weighted by atomic mass is 10.1. The van der Waals surface area contributed by atoms with Crippen LogP contribution in [-0.2, 0) is 0 Å². The zero-order chi connectivity index (χ0) is 9.14. The van der Waals surface area contributed by atoms with Crippen LogP contribution in [0.1, 0.15) is 11.7 Å². The number of aliphatic hydroxyl groups excluding tert-OH is 1. The minimum absolute atomic E-state index is 0.0383. The van der Waals surface area contributed by atoms with E-state index in [0.29, 0.717) is 0 Å². The SMILES string of the molecule is O[C@@H](CF)c1ccc(F)c(F)c1. The van der Waals surface area contributed by atoms with E-state index in [1.54, 1.807) is 0 Å². The summed E-state index contributed by atoms with van der Waals surface area (Å²) in [4.78, 5) is 0. The minimum Gasteiger partial charge on any atom is -0.386 e. The molecule has 0 fully saturated rings. The molecule has 0 saturated carbocycles. The van der Waals surface area contributed by atoms with Crippen molar-refractivity contribution < 1.29 is 18.3 Å². The number of halogens is 3. The quantitative estimate of drug-likeness (QED) is 0.730.